The fourth-order valence-corrected chi connectivity index (χ4v) is 2.83. The number of rotatable bonds is 6. The van der Waals surface area contributed by atoms with Crippen LogP contribution in [0.15, 0.2) is 60.9 Å². The summed E-state index contributed by atoms with van der Waals surface area (Å²) in [6.45, 7) is 4.05. The summed E-state index contributed by atoms with van der Waals surface area (Å²) in [6, 6.07) is 14.9. The zero-order valence-electron chi connectivity index (χ0n) is 14.6. The van der Waals surface area contributed by atoms with Crippen molar-refractivity contribution in [3.05, 3.63) is 77.3 Å². The molecule has 0 unspecified atom stereocenters. The van der Waals surface area contributed by atoms with Gasteiger partial charge in [0, 0.05) is 24.0 Å². The van der Waals surface area contributed by atoms with Crippen LogP contribution in [0.4, 0.5) is 0 Å². The number of hydrogen-bond donors (Lipinski definition) is 1. The molecule has 6 heteroatoms. The minimum Gasteiger partial charge on any atom is -0.481 e. The van der Waals surface area contributed by atoms with Gasteiger partial charge in [0.15, 0.2) is 6.10 Å². The van der Waals surface area contributed by atoms with Crippen LogP contribution < -0.4 is 10.1 Å². The monoisotopic (exact) mass is 369 g/mol. The maximum Gasteiger partial charge on any atom is 0.261 e. The predicted octanol–water partition coefficient (Wildman–Crippen LogP) is 3.92. The van der Waals surface area contributed by atoms with Crippen LogP contribution in [-0.2, 0) is 11.3 Å². The van der Waals surface area contributed by atoms with Gasteiger partial charge in [-0.3, -0.25) is 4.79 Å². The van der Waals surface area contributed by atoms with Gasteiger partial charge in [0.2, 0.25) is 0 Å². The van der Waals surface area contributed by atoms with Crippen molar-refractivity contribution in [2.75, 3.05) is 0 Å². The van der Waals surface area contributed by atoms with Gasteiger partial charge in [0.25, 0.3) is 5.91 Å². The van der Waals surface area contributed by atoms with E-state index >= 15 is 0 Å². The summed E-state index contributed by atoms with van der Waals surface area (Å²) in [5, 5.41) is 3.49. The number of carbonyl (C=O) groups is 1. The zero-order chi connectivity index (χ0) is 18.5. The van der Waals surface area contributed by atoms with Crippen molar-refractivity contribution in [1.29, 1.82) is 0 Å². The van der Waals surface area contributed by atoms with Crippen LogP contribution in [0.5, 0.6) is 5.75 Å². The van der Waals surface area contributed by atoms with Crippen LogP contribution in [-0.4, -0.2) is 21.6 Å². The van der Waals surface area contributed by atoms with Crippen molar-refractivity contribution >= 4 is 17.5 Å². The van der Waals surface area contributed by atoms with Gasteiger partial charge in [-0.15, -0.1) is 0 Å². The Hall–Kier alpha value is -2.79. The molecule has 2 aromatic carbocycles. The Morgan fingerprint density at radius 2 is 2.08 bits per heavy atom. The Kier molecular flexibility index (Phi) is 5.58. The summed E-state index contributed by atoms with van der Waals surface area (Å²) < 4.78 is 7.65. The fraction of sp³-hybridized carbons (Fsp3) is 0.200. The molecule has 0 fully saturated rings. The van der Waals surface area contributed by atoms with Crippen molar-refractivity contribution < 1.29 is 9.53 Å². The number of nitrogens with zero attached hydrogens (tertiary/aromatic N) is 2. The zero-order valence-corrected chi connectivity index (χ0v) is 15.4. The van der Waals surface area contributed by atoms with Crippen LogP contribution in [0.3, 0.4) is 0 Å². The lowest BCUT2D eigenvalue weighted by molar-refractivity contribution is -0.127. The van der Waals surface area contributed by atoms with Crippen molar-refractivity contribution in [3.8, 4) is 11.4 Å². The van der Waals surface area contributed by atoms with E-state index < -0.39 is 6.10 Å². The Morgan fingerprint density at radius 1 is 1.27 bits per heavy atom. The molecule has 3 aromatic rings. The highest BCUT2D eigenvalue weighted by Gasteiger charge is 2.15. The number of ether oxygens (including phenoxy) is 1. The summed E-state index contributed by atoms with van der Waals surface area (Å²) in [5.74, 6) is 1.26. The molecule has 0 aliphatic rings. The van der Waals surface area contributed by atoms with E-state index in [0.717, 1.165) is 17.1 Å². The summed E-state index contributed by atoms with van der Waals surface area (Å²) >= 11 is 5.94. The number of aromatic nitrogens is 2. The van der Waals surface area contributed by atoms with Gasteiger partial charge in [-0.1, -0.05) is 35.9 Å². The molecular weight excluding hydrogens is 350 g/mol. The number of imidazole rings is 1. The topological polar surface area (TPSA) is 56.2 Å². The first-order valence-electron chi connectivity index (χ1n) is 8.33. The lowest BCUT2D eigenvalue weighted by Crippen LogP contribution is -2.36. The Morgan fingerprint density at radius 3 is 2.81 bits per heavy atom. The number of nitrogens with one attached hydrogen (secondary N) is 1. The SMILES string of the molecule is Cc1nccn1-c1ccccc1CNC(=O)[C@@H](C)Oc1cccc(Cl)c1. The number of para-hydroxylation sites is 1. The normalized spacial score (nSPS) is 11.8. The standard InChI is InChI=1S/C20H20ClN3O2/c1-14(26-18-8-5-7-17(21)12-18)20(25)23-13-16-6-3-4-9-19(16)24-11-10-22-15(24)2/h3-12,14H,13H2,1-2H3,(H,23,25)/t14-/m1/s1. The quantitative estimate of drug-likeness (QED) is 0.716. The molecule has 0 aliphatic carbocycles. The highest BCUT2D eigenvalue weighted by molar-refractivity contribution is 6.30. The molecule has 0 saturated carbocycles. The number of aryl methyl sites for hydroxylation is 1. The van der Waals surface area contributed by atoms with Crippen molar-refractivity contribution in [2.24, 2.45) is 0 Å². The second-order valence-corrected chi connectivity index (χ2v) is 6.34. The van der Waals surface area contributed by atoms with E-state index in [4.69, 9.17) is 16.3 Å². The van der Waals surface area contributed by atoms with Crippen molar-refractivity contribution in [1.82, 2.24) is 14.9 Å². The molecule has 0 aliphatic heterocycles. The number of hydrogen-bond acceptors (Lipinski definition) is 3. The van der Waals surface area contributed by atoms with Crippen LogP contribution in [0.1, 0.15) is 18.3 Å². The van der Waals surface area contributed by atoms with Gasteiger partial charge in [0.05, 0.1) is 5.69 Å². The molecule has 1 heterocycles. The first kappa shape index (κ1) is 18.0. The molecule has 1 amide bonds. The summed E-state index contributed by atoms with van der Waals surface area (Å²) in [7, 11) is 0. The van der Waals surface area contributed by atoms with Gasteiger partial charge in [-0.2, -0.15) is 0 Å². The largest absolute Gasteiger partial charge is 0.481 e. The van der Waals surface area contributed by atoms with E-state index in [9.17, 15) is 4.79 Å². The van der Waals surface area contributed by atoms with E-state index in [2.05, 4.69) is 10.3 Å². The van der Waals surface area contributed by atoms with Crippen molar-refractivity contribution in [2.45, 2.75) is 26.5 Å². The molecule has 0 bridgehead atoms. The van der Waals surface area contributed by atoms with E-state index in [-0.39, 0.29) is 5.91 Å². The fourth-order valence-electron chi connectivity index (χ4n) is 2.65. The lowest BCUT2D eigenvalue weighted by Gasteiger charge is -2.16. The van der Waals surface area contributed by atoms with E-state index in [1.165, 1.54) is 0 Å². The predicted molar refractivity (Wildman–Crippen MR) is 102 cm³/mol. The smallest absolute Gasteiger partial charge is 0.261 e. The van der Waals surface area contributed by atoms with Crippen LogP contribution in [0.25, 0.3) is 5.69 Å². The Balaban J connectivity index is 1.66. The van der Waals surface area contributed by atoms with Crippen molar-refractivity contribution in [3.63, 3.8) is 0 Å². The van der Waals surface area contributed by atoms with E-state index in [1.807, 2.05) is 42.0 Å². The second-order valence-electron chi connectivity index (χ2n) is 5.91. The minimum atomic E-state index is -0.629. The van der Waals surface area contributed by atoms with Crippen LogP contribution in [0, 0.1) is 6.92 Å². The summed E-state index contributed by atoms with van der Waals surface area (Å²) in [5.41, 5.74) is 1.99. The molecule has 134 valence electrons. The van der Waals surface area contributed by atoms with Gasteiger partial charge in [-0.05, 0) is 43.7 Å². The molecule has 0 spiro atoms. The minimum absolute atomic E-state index is 0.192. The van der Waals surface area contributed by atoms with E-state index in [1.54, 1.807) is 37.4 Å². The molecule has 1 N–H and O–H groups in total. The van der Waals surface area contributed by atoms with Gasteiger partial charge in [0.1, 0.15) is 11.6 Å². The summed E-state index contributed by atoms with van der Waals surface area (Å²) in [6.07, 6.45) is 3.03. The number of halogens is 1. The molecule has 5 nitrogen and oxygen atoms in total. The molecule has 0 saturated heterocycles. The number of benzene rings is 2. The number of amides is 1. The lowest BCUT2D eigenvalue weighted by atomic mass is 10.1. The maximum atomic E-state index is 12.4. The first-order chi connectivity index (χ1) is 12.5. The second kappa shape index (κ2) is 8.06. The first-order valence-corrected chi connectivity index (χ1v) is 8.70. The Labute approximate surface area is 157 Å². The maximum absolute atomic E-state index is 12.4. The Bertz CT molecular complexity index is 907. The van der Waals surface area contributed by atoms with Gasteiger partial charge >= 0.3 is 0 Å². The highest BCUT2D eigenvalue weighted by atomic mass is 35.5. The molecule has 0 radical (unpaired) electrons. The average Bonchev–Trinajstić information content (AvgIpc) is 3.05. The number of carbonyl (C=O) groups excluding carboxylic acids is 1. The third-order valence-electron chi connectivity index (χ3n) is 4.01. The molecule has 1 aromatic heterocycles. The molecule has 1 atom stereocenters. The van der Waals surface area contributed by atoms with Crippen LogP contribution in [0.2, 0.25) is 5.02 Å². The third-order valence-corrected chi connectivity index (χ3v) is 4.24. The van der Waals surface area contributed by atoms with Gasteiger partial charge < -0.3 is 14.6 Å². The average molecular weight is 370 g/mol. The molecule has 26 heavy (non-hydrogen) atoms. The van der Waals surface area contributed by atoms with Crippen LogP contribution >= 0.6 is 11.6 Å². The molecule has 3 rings (SSSR count). The van der Waals surface area contributed by atoms with E-state index in [0.29, 0.717) is 17.3 Å². The highest BCUT2D eigenvalue weighted by Crippen LogP contribution is 2.19. The summed E-state index contributed by atoms with van der Waals surface area (Å²) in [4.78, 5) is 16.6. The van der Waals surface area contributed by atoms with Gasteiger partial charge in [-0.25, -0.2) is 4.98 Å². The third kappa shape index (κ3) is 4.24. The molecular formula is C20H20ClN3O2.